The minimum Gasteiger partial charge on any atom is -0.444 e. The number of nitrogens with one attached hydrogen (secondary N) is 2. The number of anilines is 2. The SMILES string of the molecule is CC(C)(C)OC(=O)N1CCC(CCCCNc2ccc(S(C)(=O)=O)cc2)CC1.CS(=O)c1ccc(NCCCCC2CCN(C(=O)OC(C)(C)C)CC2)cc1. The first-order chi connectivity index (χ1) is 25.8. The van der Waals surface area contributed by atoms with Crippen molar-refractivity contribution >= 4 is 44.2 Å². The summed E-state index contributed by atoms with van der Waals surface area (Å²) >= 11 is 0. The van der Waals surface area contributed by atoms with E-state index < -0.39 is 31.8 Å². The molecule has 2 aromatic carbocycles. The Hall–Kier alpha value is -3.32. The molecule has 1 atom stereocenters. The number of carbonyl (C=O) groups excluding carboxylic acids is 2. The number of rotatable bonds is 14. The van der Waals surface area contributed by atoms with Crippen LogP contribution in [0.15, 0.2) is 58.3 Å². The van der Waals surface area contributed by atoms with Crippen LogP contribution >= 0.6 is 0 Å². The van der Waals surface area contributed by atoms with Gasteiger partial charge in [0.15, 0.2) is 9.84 Å². The molecule has 0 saturated carbocycles. The van der Waals surface area contributed by atoms with E-state index in [4.69, 9.17) is 9.47 Å². The van der Waals surface area contributed by atoms with Crippen LogP contribution in [-0.4, -0.2) is 97.6 Å². The Morgan fingerprint density at radius 3 is 1.36 bits per heavy atom. The molecular formula is C42H68N4O7S2. The molecule has 2 amide bonds. The average molecular weight is 805 g/mol. The van der Waals surface area contributed by atoms with Crippen LogP contribution in [0.2, 0.25) is 0 Å². The highest BCUT2D eigenvalue weighted by molar-refractivity contribution is 7.90. The monoisotopic (exact) mass is 804 g/mol. The minimum atomic E-state index is -3.14. The van der Waals surface area contributed by atoms with Crippen LogP contribution in [0.1, 0.15) is 106 Å². The van der Waals surface area contributed by atoms with Gasteiger partial charge in [-0.15, -0.1) is 0 Å². The molecule has 0 spiro atoms. The van der Waals surface area contributed by atoms with Gasteiger partial charge in [-0.1, -0.05) is 25.7 Å². The fraction of sp³-hybridized carbons (Fsp3) is 0.667. The van der Waals surface area contributed by atoms with E-state index in [1.54, 1.807) is 18.4 Å². The lowest BCUT2D eigenvalue weighted by atomic mass is 9.92. The van der Waals surface area contributed by atoms with Crippen LogP contribution < -0.4 is 10.6 Å². The lowest BCUT2D eigenvalue weighted by molar-refractivity contribution is 0.0170. The fourth-order valence-electron chi connectivity index (χ4n) is 6.63. The number of carbonyl (C=O) groups is 2. The second kappa shape index (κ2) is 21.8. The lowest BCUT2D eigenvalue weighted by Crippen LogP contribution is -2.41. The van der Waals surface area contributed by atoms with Crippen LogP contribution in [0.3, 0.4) is 0 Å². The van der Waals surface area contributed by atoms with Gasteiger partial charge in [-0.3, -0.25) is 4.21 Å². The van der Waals surface area contributed by atoms with E-state index in [9.17, 15) is 22.2 Å². The van der Waals surface area contributed by atoms with Crippen LogP contribution in [0, 0.1) is 11.8 Å². The number of hydrogen-bond donors (Lipinski definition) is 2. The number of sulfone groups is 1. The molecule has 2 aliphatic heterocycles. The zero-order chi connectivity index (χ0) is 40.6. The third-order valence-electron chi connectivity index (χ3n) is 9.74. The number of piperidine rings is 2. The molecule has 4 rings (SSSR count). The number of likely N-dealkylation sites (tertiary alicyclic amines) is 2. The Morgan fingerprint density at radius 2 is 1.04 bits per heavy atom. The number of ether oxygens (including phenoxy) is 2. The second-order valence-electron chi connectivity index (χ2n) is 16.9. The van der Waals surface area contributed by atoms with E-state index in [0.29, 0.717) is 16.7 Å². The summed E-state index contributed by atoms with van der Waals surface area (Å²) in [6.07, 6.45) is 13.7. The Morgan fingerprint density at radius 1 is 0.673 bits per heavy atom. The normalized spacial score (nSPS) is 16.4. The molecule has 2 aliphatic rings. The molecule has 11 nitrogen and oxygen atoms in total. The van der Waals surface area contributed by atoms with Gasteiger partial charge in [0, 0.05) is 78.8 Å². The Bertz CT molecular complexity index is 1590. The Kier molecular flexibility index (Phi) is 18.3. The predicted octanol–water partition coefficient (Wildman–Crippen LogP) is 8.97. The van der Waals surface area contributed by atoms with Gasteiger partial charge in [-0.25, -0.2) is 18.0 Å². The minimum absolute atomic E-state index is 0.178. The molecule has 0 bridgehead atoms. The number of benzene rings is 2. The zero-order valence-corrected chi connectivity index (χ0v) is 36.3. The van der Waals surface area contributed by atoms with Crippen molar-refractivity contribution in [3.05, 3.63) is 48.5 Å². The topological polar surface area (TPSA) is 134 Å². The van der Waals surface area contributed by atoms with E-state index in [1.165, 1.54) is 25.5 Å². The summed E-state index contributed by atoms with van der Waals surface area (Å²) in [5, 5.41) is 6.76. The van der Waals surface area contributed by atoms with Crippen LogP contribution in [-0.2, 0) is 30.1 Å². The van der Waals surface area contributed by atoms with Crippen molar-refractivity contribution in [1.82, 2.24) is 9.80 Å². The molecule has 2 heterocycles. The van der Waals surface area contributed by atoms with Gasteiger partial charge in [0.1, 0.15) is 11.2 Å². The van der Waals surface area contributed by atoms with Gasteiger partial charge in [0.25, 0.3) is 0 Å². The van der Waals surface area contributed by atoms with Crippen molar-refractivity contribution in [2.75, 3.05) is 62.4 Å². The molecule has 55 heavy (non-hydrogen) atoms. The van der Waals surface area contributed by atoms with Crippen molar-refractivity contribution in [3.8, 4) is 0 Å². The van der Waals surface area contributed by atoms with Crippen molar-refractivity contribution in [1.29, 1.82) is 0 Å². The summed E-state index contributed by atoms with van der Waals surface area (Å²) in [5.41, 5.74) is 1.16. The van der Waals surface area contributed by atoms with Crippen molar-refractivity contribution in [3.63, 3.8) is 0 Å². The van der Waals surface area contributed by atoms with Crippen molar-refractivity contribution in [2.24, 2.45) is 11.8 Å². The van der Waals surface area contributed by atoms with E-state index in [-0.39, 0.29) is 12.2 Å². The Balaban J connectivity index is 0.000000296. The molecule has 2 saturated heterocycles. The smallest absolute Gasteiger partial charge is 0.410 e. The first-order valence-corrected chi connectivity index (χ1v) is 23.4. The molecule has 1 unspecified atom stereocenters. The van der Waals surface area contributed by atoms with Gasteiger partial charge in [-0.05, 0) is 140 Å². The lowest BCUT2D eigenvalue weighted by Gasteiger charge is -2.33. The molecule has 0 radical (unpaired) electrons. The molecule has 0 aromatic heterocycles. The average Bonchev–Trinajstić information content (AvgIpc) is 3.11. The molecular weight excluding hydrogens is 737 g/mol. The van der Waals surface area contributed by atoms with E-state index >= 15 is 0 Å². The van der Waals surface area contributed by atoms with E-state index in [0.717, 1.165) is 100 Å². The van der Waals surface area contributed by atoms with Gasteiger partial charge in [0.05, 0.1) is 4.90 Å². The maximum absolute atomic E-state index is 12.1. The van der Waals surface area contributed by atoms with Crippen molar-refractivity contribution in [2.45, 2.75) is 127 Å². The summed E-state index contributed by atoms with van der Waals surface area (Å²) in [6, 6.07) is 14.7. The maximum Gasteiger partial charge on any atom is 0.410 e. The summed E-state index contributed by atoms with van der Waals surface area (Å²) < 4.78 is 45.2. The molecule has 0 aliphatic carbocycles. The molecule has 2 N–H and O–H groups in total. The van der Waals surface area contributed by atoms with Crippen LogP contribution in [0.4, 0.5) is 21.0 Å². The third-order valence-corrected chi connectivity index (χ3v) is 11.8. The van der Waals surface area contributed by atoms with Gasteiger partial charge >= 0.3 is 12.2 Å². The van der Waals surface area contributed by atoms with Gasteiger partial charge < -0.3 is 29.9 Å². The highest BCUT2D eigenvalue weighted by Crippen LogP contribution is 2.26. The van der Waals surface area contributed by atoms with Gasteiger partial charge in [0.2, 0.25) is 0 Å². The predicted molar refractivity (Wildman–Crippen MR) is 224 cm³/mol. The second-order valence-corrected chi connectivity index (χ2v) is 20.3. The summed E-state index contributed by atoms with van der Waals surface area (Å²) in [4.78, 5) is 29.1. The number of hydrogen-bond acceptors (Lipinski definition) is 9. The van der Waals surface area contributed by atoms with E-state index in [2.05, 4.69) is 10.6 Å². The first kappa shape index (κ1) is 46.1. The standard InChI is InChI=1S/C21H34N2O4S.C21H34N2O3S/c1-21(2,3)27-20(24)23-15-12-17(13-16-23)7-5-6-14-22-18-8-10-19(11-9-18)28(4,25)26;1-21(2,3)26-20(24)23-15-12-17(13-16-23)7-5-6-14-22-18-8-10-19(11-9-18)27(4)25/h8-11,17,22H,5-7,12-16H2,1-4H3;8-11,17,22H,5-7,12-16H2,1-4H3. The number of amides is 2. The summed E-state index contributed by atoms with van der Waals surface area (Å²) in [5.74, 6) is 1.38. The zero-order valence-electron chi connectivity index (χ0n) is 34.7. The number of unbranched alkanes of at least 4 members (excludes halogenated alkanes) is 2. The largest absolute Gasteiger partial charge is 0.444 e. The highest BCUT2D eigenvalue weighted by Gasteiger charge is 2.28. The summed E-state index contributed by atoms with van der Waals surface area (Å²) in [7, 11) is -4.06. The molecule has 2 fully saturated rings. The third kappa shape index (κ3) is 18.5. The summed E-state index contributed by atoms with van der Waals surface area (Å²) in [6.45, 7) is 16.4. The van der Waals surface area contributed by atoms with Crippen LogP contribution in [0.5, 0.6) is 0 Å². The van der Waals surface area contributed by atoms with E-state index in [1.807, 2.05) is 87.7 Å². The maximum atomic E-state index is 12.1. The fourth-order valence-corrected chi connectivity index (χ4v) is 7.78. The quantitative estimate of drug-likeness (QED) is 0.180. The number of nitrogens with zero attached hydrogens (tertiary/aromatic N) is 2. The molecule has 310 valence electrons. The van der Waals surface area contributed by atoms with Gasteiger partial charge in [-0.2, -0.15) is 0 Å². The van der Waals surface area contributed by atoms with Crippen LogP contribution in [0.25, 0.3) is 0 Å². The highest BCUT2D eigenvalue weighted by atomic mass is 32.2. The molecule has 2 aromatic rings. The Labute approximate surface area is 334 Å². The molecule has 13 heteroatoms. The van der Waals surface area contributed by atoms with Crippen molar-refractivity contribution < 1.29 is 31.7 Å². The first-order valence-electron chi connectivity index (χ1n) is 20.0.